The summed E-state index contributed by atoms with van der Waals surface area (Å²) >= 11 is 1.47. The number of hydrogen-bond acceptors (Lipinski definition) is 6. The Morgan fingerprint density at radius 1 is 1.17 bits per heavy atom. The van der Waals surface area contributed by atoms with Crippen LogP contribution in [-0.4, -0.2) is 59.9 Å². The summed E-state index contributed by atoms with van der Waals surface area (Å²) in [4.78, 5) is 30.4. The Bertz CT molecular complexity index is 886. The molecule has 1 saturated heterocycles. The Balaban J connectivity index is 2.02. The molecule has 1 aliphatic heterocycles. The average molecular weight is 415 g/mol. The van der Waals surface area contributed by atoms with Crippen LogP contribution in [0, 0.1) is 0 Å². The molecule has 1 amide bonds. The van der Waals surface area contributed by atoms with E-state index in [1.807, 2.05) is 17.5 Å². The maximum atomic E-state index is 12.9. The lowest BCUT2D eigenvalue weighted by molar-refractivity contribution is -0.140. The SMILES string of the molecule is CCN(CC)CCN1C(=O)C(=O)C(=C(O)c2ccc(OC)cc2)[C@H]1c1cccs1. The Morgan fingerprint density at radius 3 is 2.41 bits per heavy atom. The number of ether oxygens (including phenoxy) is 1. The van der Waals surface area contributed by atoms with E-state index in [0.717, 1.165) is 18.0 Å². The number of likely N-dealkylation sites (N-methyl/N-ethyl adjacent to an activating group) is 1. The molecule has 1 aromatic heterocycles. The van der Waals surface area contributed by atoms with Gasteiger partial charge in [-0.15, -0.1) is 11.3 Å². The van der Waals surface area contributed by atoms with Crippen LogP contribution in [0.15, 0.2) is 47.4 Å². The van der Waals surface area contributed by atoms with E-state index in [-0.39, 0.29) is 11.3 Å². The molecule has 0 bridgehead atoms. The lowest BCUT2D eigenvalue weighted by atomic mass is 10.00. The van der Waals surface area contributed by atoms with Gasteiger partial charge in [0.05, 0.1) is 18.7 Å². The minimum atomic E-state index is -0.642. The summed E-state index contributed by atoms with van der Waals surface area (Å²) in [6.45, 7) is 6.97. The smallest absolute Gasteiger partial charge is 0.295 e. The van der Waals surface area contributed by atoms with E-state index in [1.165, 1.54) is 11.3 Å². The number of likely N-dealkylation sites (tertiary alicyclic amines) is 1. The molecule has 1 aromatic carbocycles. The summed E-state index contributed by atoms with van der Waals surface area (Å²) in [6, 6.07) is 10.0. The van der Waals surface area contributed by atoms with Crippen LogP contribution in [0.2, 0.25) is 0 Å². The van der Waals surface area contributed by atoms with Crippen molar-refractivity contribution in [3.8, 4) is 5.75 Å². The first-order valence-corrected chi connectivity index (χ1v) is 10.6. The number of aliphatic hydroxyl groups excluding tert-OH is 1. The predicted octanol–water partition coefficient (Wildman–Crippen LogP) is 3.52. The van der Waals surface area contributed by atoms with Crippen LogP contribution in [0.4, 0.5) is 0 Å². The number of rotatable bonds is 8. The first-order chi connectivity index (χ1) is 14.0. The number of ketones is 1. The van der Waals surface area contributed by atoms with Gasteiger partial charge in [-0.05, 0) is 48.8 Å². The summed E-state index contributed by atoms with van der Waals surface area (Å²) in [5, 5.41) is 12.9. The minimum Gasteiger partial charge on any atom is -0.507 e. The highest BCUT2D eigenvalue weighted by molar-refractivity contribution is 7.10. The molecular formula is C22H26N2O4S. The summed E-state index contributed by atoms with van der Waals surface area (Å²) in [6.07, 6.45) is 0. The number of amides is 1. The van der Waals surface area contributed by atoms with Gasteiger partial charge in [0, 0.05) is 23.5 Å². The molecule has 7 heteroatoms. The molecule has 1 atom stereocenters. The van der Waals surface area contributed by atoms with E-state index in [9.17, 15) is 14.7 Å². The van der Waals surface area contributed by atoms with Crippen molar-refractivity contribution in [3.63, 3.8) is 0 Å². The van der Waals surface area contributed by atoms with Gasteiger partial charge in [0.25, 0.3) is 11.7 Å². The number of methoxy groups -OCH3 is 1. The van der Waals surface area contributed by atoms with Gasteiger partial charge >= 0.3 is 0 Å². The first-order valence-electron chi connectivity index (χ1n) is 9.70. The van der Waals surface area contributed by atoms with Gasteiger partial charge in [0.2, 0.25) is 0 Å². The van der Waals surface area contributed by atoms with Crippen molar-refractivity contribution in [1.29, 1.82) is 0 Å². The fourth-order valence-corrected chi connectivity index (χ4v) is 4.39. The van der Waals surface area contributed by atoms with Gasteiger partial charge in [-0.25, -0.2) is 0 Å². The zero-order chi connectivity index (χ0) is 21.0. The fourth-order valence-electron chi connectivity index (χ4n) is 3.55. The van der Waals surface area contributed by atoms with E-state index >= 15 is 0 Å². The Kier molecular flexibility index (Phi) is 6.71. The van der Waals surface area contributed by atoms with Crippen LogP contribution in [0.5, 0.6) is 5.75 Å². The lowest BCUT2D eigenvalue weighted by Crippen LogP contribution is -2.37. The third kappa shape index (κ3) is 4.21. The average Bonchev–Trinajstić information content (AvgIpc) is 3.36. The molecule has 1 N–H and O–H groups in total. The number of benzene rings is 1. The number of nitrogens with zero attached hydrogens (tertiary/aromatic N) is 2. The van der Waals surface area contributed by atoms with E-state index < -0.39 is 17.7 Å². The van der Waals surface area contributed by atoms with Crippen LogP contribution in [0.25, 0.3) is 5.76 Å². The van der Waals surface area contributed by atoms with Crippen LogP contribution in [0.3, 0.4) is 0 Å². The van der Waals surface area contributed by atoms with E-state index in [2.05, 4.69) is 18.7 Å². The standard InChI is InChI=1S/C22H26N2O4S/c1-4-23(5-2)12-13-24-19(17-7-6-14-29-17)18(21(26)22(24)27)20(25)15-8-10-16(28-3)11-9-15/h6-11,14,19,25H,4-5,12-13H2,1-3H3/t19-/m1/s1. The summed E-state index contributed by atoms with van der Waals surface area (Å²) in [5.74, 6) is -0.715. The Labute approximate surface area is 175 Å². The first kappa shape index (κ1) is 21.1. The van der Waals surface area contributed by atoms with Gasteiger partial charge in [-0.3, -0.25) is 9.59 Å². The van der Waals surface area contributed by atoms with Crippen molar-refractivity contribution in [3.05, 3.63) is 57.8 Å². The van der Waals surface area contributed by atoms with Gasteiger partial charge in [-0.1, -0.05) is 19.9 Å². The normalized spacial score (nSPS) is 18.6. The highest BCUT2D eigenvalue weighted by atomic mass is 32.1. The molecule has 154 valence electrons. The van der Waals surface area contributed by atoms with E-state index in [1.54, 1.807) is 36.3 Å². The highest BCUT2D eigenvalue weighted by Crippen LogP contribution is 2.41. The molecule has 29 heavy (non-hydrogen) atoms. The third-order valence-corrected chi connectivity index (χ3v) is 6.19. The van der Waals surface area contributed by atoms with Crippen LogP contribution >= 0.6 is 11.3 Å². The topological polar surface area (TPSA) is 70.1 Å². The second-order valence-corrected chi connectivity index (χ2v) is 7.74. The fraction of sp³-hybridized carbons (Fsp3) is 0.364. The summed E-state index contributed by atoms with van der Waals surface area (Å²) < 4.78 is 5.16. The van der Waals surface area contributed by atoms with Gasteiger partial charge in [-0.2, -0.15) is 0 Å². The molecule has 1 aliphatic rings. The molecular weight excluding hydrogens is 388 g/mol. The molecule has 3 rings (SSSR count). The summed E-state index contributed by atoms with van der Waals surface area (Å²) in [5.41, 5.74) is 0.622. The summed E-state index contributed by atoms with van der Waals surface area (Å²) in [7, 11) is 1.56. The number of aliphatic hydroxyl groups is 1. The van der Waals surface area contributed by atoms with Crippen molar-refractivity contribution in [1.82, 2.24) is 9.80 Å². The minimum absolute atomic E-state index is 0.141. The molecule has 0 radical (unpaired) electrons. The zero-order valence-electron chi connectivity index (χ0n) is 16.9. The second-order valence-electron chi connectivity index (χ2n) is 6.76. The van der Waals surface area contributed by atoms with Crippen molar-refractivity contribution in [2.24, 2.45) is 0 Å². The number of thiophene rings is 1. The van der Waals surface area contributed by atoms with E-state index in [4.69, 9.17) is 4.74 Å². The largest absolute Gasteiger partial charge is 0.507 e. The second kappa shape index (κ2) is 9.24. The van der Waals surface area contributed by atoms with Gasteiger partial charge in [0.15, 0.2) is 0 Å². The number of carbonyl (C=O) groups is 2. The molecule has 1 fully saturated rings. The van der Waals surface area contributed by atoms with Crippen molar-refractivity contribution < 1.29 is 19.4 Å². The molecule has 2 heterocycles. The van der Waals surface area contributed by atoms with Crippen molar-refractivity contribution >= 4 is 28.8 Å². The van der Waals surface area contributed by atoms with Crippen molar-refractivity contribution in [2.75, 3.05) is 33.3 Å². The molecule has 0 unspecified atom stereocenters. The molecule has 2 aromatic rings. The molecule has 6 nitrogen and oxygen atoms in total. The maximum absolute atomic E-state index is 12.9. The monoisotopic (exact) mass is 414 g/mol. The number of carbonyl (C=O) groups excluding carboxylic acids is 2. The highest BCUT2D eigenvalue weighted by Gasteiger charge is 2.46. The quantitative estimate of drug-likeness (QED) is 0.407. The number of Topliss-reactive ketones (excluding diaryl/α,β-unsaturated/α-hetero) is 1. The van der Waals surface area contributed by atoms with E-state index in [0.29, 0.717) is 24.4 Å². The lowest BCUT2D eigenvalue weighted by Gasteiger charge is -2.27. The molecule has 0 aliphatic carbocycles. The molecule has 0 saturated carbocycles. The number of hydrogen-bond donors (Lipinski definition) is 1. The van der Waals surface area contributed by atoms with Gasteiger partial charge < -0.3 is 19.6 Å². The van der Waals surface area contributed by atoms with Crippen LogP contribution in [0.1, 0.15) is 30.3 Å². The van der Waals surface area contributed by atoms with Gasteiger partial charge in [0.1, 0.15) is 11.5 Å². The van der Waals surface area contributed by atoms with Crippen molar-refractivity contribution in [2.45, 2.75) is 19.9 Å². The maximum Gasteiger partial charge on any atom is 0.295 e. The molecule has 0 spiro atoms. The Hall–Kier alpha value is -2.64. The van der Waals surface area contributed by atoms with Crippen LogP contribution in [-0.2, 0) is 9.59 Å². The predicted molar refractivity (Wildman–Crippen MR) is 114 cm³/mol. The zero-order valence-corrected chi connectivity index (χ0v) is 17.7. The van der Waals surface area contributed by atoms with Crippen LogP contribution < -0.4 is 4.74 Å². The Morgan fingerprint density at radius 2 is 1.86 bits per heavy atom. The third-order valence-electron chi connectivity index (χ3n) is 5.27.